The van der Waals surface area contributed by atoms with E-state index in [-0.39, 0.29) is 11.6 Å². The summed E-state index contributed by atoms with van der Waals surface area (Å²) >= 11 is 0. The van der Waals surface area contributed by atoms with Gasteiger partial charge in [-0.25, -0.2) is 0 Å². The molecule has 0 N–H and O–H groups in total. The van der Waals surface area contributed by atoms with Gasteiger partial charge in [-0.05, 0) is 18.6 Å². The largest absolute Gasteiger partial charge is 0.379 e. The summed E-state index contributed by atoms with van der Waals surface area (Å²) in [6, 6.07) is 6.19. The Morgan fingerprint density at radius 3 is 3.25 bits per heavy atom. The Bertz CT molecular complexity index is 312. The summed E-state index contributed by atoms with van der Waals surface area (Å²) < 4.78 is 6.91. The second-order valence-corrected chi connectivity index (χ2v) is 2.89. The molecule has 1 aromatic rings. The third kappa shape index (κ3) is 1.28. The van der Waals surface area contributed by atoms with E-state index in [1.807, 2.05) is 0 Å². The minimum absolute atomic E-state index is 0.00741. The van der Waals surface area contributed by atoms with Crippen molar-refractivity contribution >= 4 is 0 Å². The first kappa shape index (κ1) is 7.55. The molecule has 1 fully saturated rings. The first-order valence-electron chi connectivity index (χ1n) is 4.04. The summed E-state index contributed by atoms with van der Waals surface area (Å²) in [4.78, 5) is 11.3. The fourth-order valence-electron chi connectivity index (χ4n) is 1.43. The van der Waals surface area contributed by atoms with Crippen LogP contribution in [-0.4, -0.2) is 17.8 Å². The Labute approximate surface area is 70.6 Å². The topological polar surface area (TPSA) is 31.2 Å². The van der Waals surface area contributed by atoms with Crippen LogP contribution in [0.25, 0.3) is 0 Å². The van der Waals surface area contributed by atoms with E-state index in [9.17, 15) is 4.79 Å². The minimum Gasteiger partial charge on any atom is -0.379 e. The van der Waals surface area contributed by atoms with Crippen molar-refractivity contribution in [3.05, 3.63) is 34.7 Å². The maximum absolute atomic E-state index is 11.3. The second kappa shape index (κ2) is 3.11. The third-order valence-electron chi connectivity index (χ3n) is 2.09. The van der Waals surface area contributed by atoms with E-state index in [4.69, 9.17) is 4.74 Å². The molecule has 1 aromatic heterocycles. The molecule has 0 saturated carbocycles. The molecule has 1 saturated heterocycles. The molecule has 0 aromatic carbocycles. The Hall–Kier alpha value is -1.09. The first-order valence-corrected chi connectivity index (χ1v) is 4.04. The zero-order valence-corrected chi connectivity index (χ0v) is 6.69. The lowest BCUT2D eigenvalue weighted by molar-refractivity contribution is 0.186. The number of pyridine rings is 1. The van der Waals surface area contributed by atoms with E-state index in [1.165, 1.54) is 6.07 Å². The molecule has 1 unspecified atom stereocenters. The van der Waals surface area contributed by atoms with Crippen molar-refractivity contribution in [3.63, 3.8) is 0 Å². The highest BCUT2D eigenvalue weighted by molar-refractivity contribution is 4.94. The van der Waals surface area contributed by atoms with Crippen molar-refractivity contribution < 1.29 is 4.74 Å². The highest BCUT2D eigenvalue weighted by Gasteiger charge is 2.17. The van der Waals surface area contributed by atoms with Crippen molar-refractivity contribution in [1.82, 2.24) is 4.57 Å². The zero-order valence-electron chi connectivity index (χ0n) is 6.69. The van der Waals surface area contributed by atoms with Crippen molar-refractivity contribution in [2.24, 2.45) is 0 Å². The van der Waals surface area contributed by atoms with E-state index in [0.29, 0.717) is 6.61 Å². The van der Waals surface area contributed by atoms with Crippen molar-refractivity contribution in [2.45, 2.75) is 12.5 Å². The van der Waals surface area contributed by atoms with Gasteiger partial charge in [0.1, 0.15) is 0 Å². The highest BCUT2D eigenvalue weighted by atomic mass is 16.5. The van der Waals surface area contributed by atoms with E-state index < -0.39 is 0 Å². The molecule has 2 heterocycles. The molecule has 63 valence electrons. The van der Waals surface area contributed by atoms with Gasteiger partial charge in [0.25, 0.3) is 5.56 Å². The van der Waals surface area contributed by atoms with E-state index in [1.54, 1.807) is 16.8 Å². The number of aromatic nitrogens is 1. The molecular formula is C9H10NO2. The van der Waals surface area contributed by atoms with E-state index in [2.05, 4.69) is 6.07 Å². The van der Waals surface area contributed by atoms with Gasteiger partial charge in [0.2, 0.25) is 0 Å². The lowest BCUT2D eigenvalue weighted by atomic mass is 10.2. The van der Waals surface area contributed by atoms with Gasteiger partial charge in [-0.1, -0.05) is 0 Å². The van der Waals surface area contributed by atoms with Crippen LogP contribution in [0.15, 0.2) is 23.1 Å². The maximum atomic E-state index is 11.3. The van der Waals surface area contributed by atoms with Crippen LogP contribution >= 0.6 is 0 Å². The van der Waals surface area contributed by atoms with Gasteiger partial charge in [-0.3, -0.25) is 4.79 Å². The van der Waals surface area contributed by atoms with Crippen LogP contribution in [0.5, 0.6) is 0 Å². The molecule has 0 bridgehead atoms. The number of nitrogens with zero attached hydrogens (tertiary/aromatic N) is 1. The number of rotatable bonds is 1. The summed E-state index contributed by atoms with van der Waals surface area (Å²) in [5.74, 6) is 0. The monoisotopic (exact) mass is 164 g/mol. The van der Waals surface area contributed by atoms with E-state index in [0.717, 1.165) is 13.0 Å². The van der Waals surface area contributed by atoms with Gasteiger partial charge >= 0.3 is 0 Å². The van der Waals surface area contributed by atoms with Gasteiger partial charge in [-0.2, -0.15) is 0 Å². The fraction of sp³-hybridized carbons (Fsp3) is 0.444. The van der Waals surface area contributed by atoms with Gasteiger partial charge in [0.15, 0.2) is 0 Å². The van der Waals surface area contributed by atoms with Crippen LogP contribution in [0.4, 0.5) is 0 Å². The number of hydrogen-bond acceptors (Lipinski definition) is 2. The maximum Gasteiger partial charge on any atom is 0.251 e. The quantitative estimate of drug-likeness (QED) is 0.609. The summed E-state index contributed by atoms with van der Waals surface area (Å²) in [6.07, 6.45) is 2.70. The van der Waals surface area contributed by atoms with Crippen LogP contribution in [0.3, 0.4) is 0 Å². The summed E-state index contributed by atoms with van der Waals surface area (Å²) in [5.41, 5.74) is 0.00741. The lowest BCUT2D eigenvalue weighted by Gasteiger charge is -2.10. The van der Waals surface area contributed by atoms with Gasteiger partial charge < -0.3 is 9.30 Å². The molecule has 0 aliphatic carbocycles. The Kier molecular flexibility index (Phi) is 1.96. The number of hydrogen-bond donors (Lipinski definition) is 0. The van der Waals surface area contributed by atoms with Gasteiger partial charge in [-0.15, -0.1) is 0 Å². The predicted molar refractivity (Wildman–Crippen MR) is 44.0 cm³/mol. The van der Waals surface area contributed by atoms with Crippen LogP contribution < -0.4 is 5.56 Å². The average molecular weight is 164 g/mol. The first-order chi connectivity index (χ1) is 5.88. The zero-order chi connectivity index (χ0) is 8.39. The minimum atomic E-state index is 0.00741. The fourth-order valence-corrected chi connectivity index (χ4v) is 1.43. The molecule has 1 aliphatic rings. The van der Waals surface area contributed by atoms with Gasteiger partial charge in [0.05, 0.1) is 12.6 Å². The van der Waals surface area contributed by atoms with Crippen LogP contribution in [-0.2, 0) is 4.74 Å². The SMILES string of the molecule is O=c1c[c]ccn1C1CCOC1. The highest BCUT2D eigenvalue weighted by Crippen LogP contribution is 2.15. The molecular weight excluding hydrogens is 154 g/mol. The second-order valence-electron chi connectivity index (χ2n) is 2.89. The lowest BCUT2D eigenvalue weighted by Crippen LogP contribution is -2.23. The van der Waals surface area contributed by atoms with Crippen molar-refractivity contribution in [1.29, 1.82) is 0 Å². The molecule has 3 heteroatoms. The van der Waals surface area contributed by atoms with Gasteiger partial charge in [0, 0.05) is 18.9 Å². The standard InChI is InChI=1S/C9H10NO2/c11-9-3-1-2-5-10(9)8-4-6-12-7-8/h2-3,5,8H,4,6-7H2. The number of ether oxygens (including phenoxy) is 1. The predicted octanol–water partition coefficient (Wildman–Crippen LogP) is 0.610. The molecule has 1 atom stereocenters. The van der Waals surface area contributed by atoms with E-state index >= 15 is 0 Å². The molecule has 0 spiro atoms. The van der Waals surface area contributed by atoms with Crippen LogP contribution in [0.2, 0.25) is 0 Å². The normalized spacial score (nSPS) is 22.8. The van der Waals surface area contributed by atoms with Crippen LogP contribution in [0, 0.1) is 6.07 Å². The third-order valence-corrected chi connectivity index (χ3v) is 2.09. The van der Waals surface area contributed by atoms with Crippen LogP contribution in [0.1, 0.15) is 12.5 Å². The molecule has 2 rings (SSSR count). The molecule has 0 amide bonds. The smallest absolute Gasteiger partial charge is 0.251 e. The summed E-state index contributed by atoms with van der Waals surface area (Å²) in [6.45, 7) is 1.42. The van der Waals surface area contributed by atoms with Crippen molar-refractivity contribution in [2.75, 3.05) is 13.2 Å². The summed E-state index contributed by atoms with van der Waals surface area (Å²) in [7, 11) is 0. The Balaban J connectivity index is 2.32. The molecule has 1 aliphatic heterocycles. The molecule has 12 heavy (non-hydrogen) atoms. The molecule has 1 radical (unpaired) electrons. The molecule has 3 nitrogen and oxygen atoms in total. The Morgan fingerprint density at radius 2 is 2.58 bits per heavy atom. The average Bonchev–Trinajstić information content (AvgIpc) is 2.57. The Morgan fingerprint density at radius 1 is 1.67 bits per heavy atom. The van der Waals surface area contributed by atoms with Crippen molar-refractivity contribution in [3.8, 4) is 0 Å². The summed E-state index contributed by atoms with van der Waals surface area (Å²) in [5, 5.41) is 0.